The predicted octanol–water partition coefficient (Wildman–Crippen LogP) is 1.33. The minimum absolute atomic E-state index is 0.320. The second-order valence-corrected chi connectivity index (χ2v) is 7.52. The second kappa shape index (κ2) is 9.01. The van der Waals surface area contributed by atoms with Crippen molar-refractivity contribution in [2.24, 2.45) is 4.99 Å². The summed E-state index contributed by atoms with van der Waals surface area (Å²) in [7, 11) is 0.315. The van der Waals surface area contributed by atoms with Gasteiger partial charge in [-0.3, -0.25) is 4.99 Å². The van der Waals surface area contributed by atoms with E-state index in [1.54, 1.807) is 24.6 Å². The first-order valence-corrected chi connectivity index (χ1v) is 9.32. The average Bonchev–Trinajstić information content (AvgIpc) is 3.00. The van der Waals surface area contributed by atoms with E-state index in [1.807, 2.05) is 11.9 Å². The third-order valence-corrected chi connectivity index (χ3v) is 5.74. The Kier molecular flexibility index (Phi) is 7.69. The summed E-state index contributed by atoms with van der Waals surface area (Å²) < 4.78 is 26.7. The third-order valence-electron chi connectivity index (χ3n) is 2.88. The summed E-state index contributed by atoms with van der Waals surface area (Å²) in [4.78, 5) is 6.22. The number of nitrogens with one attached hydrogen (secondary N) is 2. The Morgan fingerprint density at radius 2 is 2.19 bits per heavy atom. The van der Waals surface area contributed by atoms with E-state index in [0.717, 1.165) is 25.3 Å². The van der Waals surface area contributed by atoms with Crippen molar-refractivity contribution in [1.29, 1.82) is 0 Å². The van der Waals surface area contributed by atoms with E-state index >= 15 is 0 Å². The molecule has 8 heteroatoms. The van der Waals surface area contributed by atoms with Crippen molar-refractivity contribution < 1.29 is 8.42 Å². The van der Waals surface area contributed by atoms with Gasteiger partial charge in [-0.2, -0.15) is 0 Å². The predicted molar refractivity (Wildman–Crippen MR) is 88.4 cm³/mol. The average molecular weight is 332 g/mol. The van der Waals surface area contributed by atoms with Gasteiger partial charge in [0.15, 0.2) is 5.96 Å². The fourth-order valence-corrected chi connectivity index (χ4v) is 3.80. The van der Waals surface area contributed by atoms with Gasteiger partial charge in [0.25, 0.3) is 0 Å². The smallest absolute Gasteiger partial charge is 0.250 e. The zero-order valence-corrected chi connectivity index (χ0v) is 14.4. The van der Waals surface area contributed by atoms with Gasteiger partial charge < -0.3 is 10.2 Å². The van der Waals surface area contributed by atoms with Crippen LogP contribution in [0.25, 0.3) is 0 Å². The minimum Gasteiger partial charge on any atom is -0.355 e. The van der Waals surface area contributed by atoms with Crippen molar-refractivity contribution in [2.75, 3.05) is 33.7 Å². The van der Waals surface area contributed by atoms with E-state index < -0.39 is 10.0 Å². The van der Waals surface area contributed by atoms with Crippen LogP contribution in [-0.2, 0) is 10.0 Å². The number of hydrogen-bond donors (Lipinski definition) is 2. The summed E-state index contributed by atoms with van der Waals surface area (Å²) in [5.41, 5.74) is 0. The largest absolute Gasteiger partial charge is 0.355 e. The van der Waals surface area contributed by atoms with Crippen LogP contribution in [0.4, 0.5) is 0 Å². The lowest BCUT2D eigenvalue weighted by Crippen LogP contribution is -2.42. The maximum Gasteiger partial charge on any atom is 0.250 e. The molecule has 0 aliphatic heterocycles. The first-order valence-electron chi connectivity index (χ1n) is 6.96. The molecular weight excluding hydrogens is 308 g/mol. The molecule has 2 N–H and O–H groups in total. The highest BCUT2D eigenvalue weighted by Gasteiger charge is 2.14. The van der Waals surface area contributed by atoms with Crippen LogP contribution in [0.15, 0.2) is 26.7 Å². The van der Waals surface area contributed by atoms with Gasteiger partial charge in [-0.25, -0.2) is 13.1 Å². The van der Waals surface area contributed by atoms with Gasteiger partial charge in [-0.15, -0.1) is 11.3 Å². The Balaban J connectivity index is 2.36. The number of guanidine groups is 1. The summed E-state index contributed by atoms with van der Waals surface area (Å²) in [5.74, 6) is 0.777. The van der Waals surface area contributed by atoms with Crippen LogP contribution in [-0.4, -0.2) is 53.0 Å². The fraction of sp³-hybridized carbons (Fsp3) is 0.615. The molecule has 1 rings (SSSR count). The standard InChI is InChI=1S/C13H24N4O2S2/c1-4-5-10-17(3)13(14-2)15-8-9-16-21(18,19)12-7-6-11-20-12/h6-7,11,16H,4-5,8-10H2,1-3H3,(H,14,15). The SMILES string of the molecule is CCCCN(C)C(=NC)NCCNS(=O)(=O)c1cccs1. The molecule has 0 bridgehead atoms. The minimum atomic E-state index is -3.38. The Bertz CT molecular complexity index is 526. The van der Waals surface area contributed by atoms with Crippen LogP contribution < -0.4 is 10.0 Å². The van der Waals surface area contributed by atoms with E-state index in [4.69, 9.17) is 0 Å². The summed E-state index contributed by atoms with van der Waals surface area (Å²) in [6, 6.07) is 3.32. The summed E-state index contributed by atoms with van der Waals surface area (Å²) in [5, 5.41) is 4.90. The molecule has 0 aliphatic rings. The number of sulfonamides is 1. The van der Waals surface area contributed by atoms with Gasteiger partial charge in [-0.05, 0) is 17.9 Å². The lowest BCUT2D eigenvalue weighted by Gasteiger charge is -2.21. The van der Waals surface area contributed by atoms with Crippen LogP contribution in [0.1, 0.15) is 19.8 Å². The van der Waals surface area contributed by atoms with E-state index in [9.17, 15) is 8.42 Å². The molecule has 0 saturated heterocycles. The zero-order chi connectivity index (χ0) is 15.7. The normalized spacial score (nSPS) is 12.4. The van der Waals surface area contributed by atoms with Crippen LogP contribution in [0, 0.1) is 0 Å². The molecule has 0 saturated carbocycles. The molecule has 0 spiro atoms. The number of aliphatic imine (C=N–C) groups is 1. The van der Waals surface area contributed by atoms with Crippen molar-refractivity contribution >= 4 is 27.3 Å². The molecule has 1 aromatic heterocycles. The van der Waals surface area contributed by atoms with Crippen LogP contribution in [0.3, 0.4) is 0 Å². The van der Waals surface area contributed by atoms with E-state index in [0.29, 0.717) is 17.3 Å². The Morgan fingerprint density at radius 3 is 2.76 bits per heavy atom. The molecule has 0 amide bonds. The lowest BCUT2D eigenvalue weighted by atomic mass is 10.3. The summed E-state index contributed by atoms with van der Waals surface area (Å²) in [6.07, 6.45) is 2.23. The van der Waals surface area contributed by atoms with Crippen LogP contribution >= 0.6 is 11.3 Å². The van der Waals surface area contributed by atoms with Gasteiger partial charge in [0.1, 0.15) is 4.21 Å². The molecule has 120 valence electrons. The second-order valence-electron chi connectivity index (χ2n) is 4.58. The van der Waals surface area contributed by atoms with Crippen LogP contribution in [0.2, 0.25) is 0 Å². The van der Waals surface area contributed by atoms with Crippen LogP contribution in [0.5, 0.6) is 0 Å². The molecule has 0 fully saturated rings. The Morgan fingerprint density at radius 1 is 1.43 bits per heavy atom. The van der Waals surface area contributed by atoms with Crippen molar-refractivity contribution in [3.05, 3.63) is 17.5 Å². The van der Waals surface area contributed by atoms with E-state index in [1.165, 1.54) is 11.3 Å². The maximum absolute atomic E-state index is 11.9. The highest BCUT2D eigenvalue weighted by atomic mass is 32.2. The maximum atomic E-state index is 11.9. The summed E-state index contributed by atoms with van der Waals surface area (Å²) in [6.45, 7) is 3.88. The number of unbranched alkanes of at least 4 members (excludes halogenated alkanes) is 1. The van der Waals surface area contributed by atoms with Gasteiger partial charge in [0.2, 0.25) is 10.0 Å². The number of rotatable bonds is 8. The van der Waals surface area contributed by atoms with Gasteiger partial charge in [0.05, 0.1) is 0 Å². The van der Waals surface area contributed by atoms with Gasteiger partial charge in [-0.1, -0.05) is 19.4 Å². The Labute approximate surface area is 131 Å². The molecule has 6 nitrogen and oxygen atoms in total. The first-order chi connectivity index (χ1) is 10.0. The lowest BCUT2D eigenvalue weighted by molar-refractivity contribution is 0.465. The number of thiophene rings is 1. The molecule has 21 heavy (non-hydrogen) atoms. The molecule has 0 radical (unpaired) electrons. The van der Waals surface area contributed by atoms with Gasteiger partial charge >= 0.3 is 0 Å². The quantitative estimate of drug-likeness (QED) is 0.428. The topological polar surface area (TPSA) is 73.8 Å². The van der Waals surface area contributed by atoms with Gasteiger partial charge in [0, 0.05) is 33.7 Å². The number of nitrogens with zero attached hydrogens (tertiary/aromatic N) is 2. The first kappa shape index (κ1) is 17.9. The van der Waals surface area contributed by atoms with Crippen molar-refractivity contribution in [2.45, 2.75) is 24.0 Å². The zero-order valence-electron chi connectivity index (χ0n) is 12.8. The highest BCUT2D eigenvalue weighted by Crippen LogP contribution is 2.14. The molecule has 0 atom stereocenters. The number of hydrogen-bond acceptors (Lipinski definition) is 4. The fourth-order valence-electron chi connectivity index (χ4n) is 1.73. The van der Waals surface area contributed by atoms with E-state index in [2.05, 4.69) is 22.0 Å². The van der Waals surface area contributed by atoms with E-state index in [-0.39, 0.29) is 0 Å². The van der Waals surface area contributed by atoms with Crippen molar-refractivity contribution in [3.8, 4) is 0 Å². The monoisotopic (exact) mass is 332 g/mol. The third kappa shape index (κ3) is 6.03. The highest BCUT2D eigenvalue weighted by molar-refractivity contribution is 7.91. The van der Waals surface area contributed by atoms with Crippen molar-refractivity contribution in [3.63, 3.8) is 0 Å². The molecule has 0 aromatic carbocycles. The molecular formula is C13H24N4O2S2. The summed E-state index contributed by atoms with van der Waals surface area (Å²) >= 11 is 1.21. The Hall–Kier alpha value is -1.12. The van der Waals surface area contributed by atoms with Crippen molar-refractivity contribution in [1.82, 2.24) is 14.9 Å². The molecule has 0 unspecified atom stereocenters. The molecule has 1 aromatic rings. The molecule has 1 heterocycles. The molecule has 0 aliphatic carbocycles.